The van der Waals surface area contributed by atoms with Crippen LogP contribution in [0.15, 0.2) is 40.6 Å². The summed E-state index contributed by atoms with van der Waals surface area (Å²) in [7, 11) is 1.32. The van der Waals surface area contributed by atoms with Crippen LogP contribution in [0.3, 0.4) is 0 Å². The van der Waals surface area contributed by atoms with Gasteiger partial charge in [0.15, 0.2) is 0 Å². The molecule has 2 aromatic rings. The maximum absolute atomic E-state index is 12.0. The molecule has 0 saturated heterocycles. The van der Waals surface area contributed by atoms with Gasteiger partial charge in [0.1, 0.15) is 4.88 Å². The van der Waals surface area contributed by atoms with E-state index in [0.29, 0.717) is 16.5 Å². The van der Waals surface area contributed by atoms with Crippen LogP contribution < -0.4 is 5.32 Å². The summed E-state index contributed by atoms with van der Waals surface area (Å²) in [5, 5.41) is 4.51. The van der Waals surface area contributed by atoms with Gasteiger partial charge in [0.25, 0.3) is 0 Å². The number of benzene rings is 1. The molecule has 0 aliphatic carbocycles. The molecular weight excluding hydrogens is 330 g/mol. The van der Waals surface area contributed by atoms with Crippen LogP contribution in [0, 0.1) is 0 Å². The number of methoxy groups -OCH3 is 1. The van der Waals surface area contributed by atoms with Crippen LogP contribution in [0.25, 0.3) is 0 Å². The summed E-state index contributed by atoms with van der Waals surface area (Å²) >= 11 is 2.71. The number of rotatable bonds is 6. The third kappa shape index (κ3) is 4.84. The lowest BCUT2D eigenvalue weighted by Gasteiger charge is -2.07. The molecule has 0 bridgehead atoms. The normalized spacial score (nSPS) is 10.6. The minimum absolute atomic E-state index is 0.147. The van der Waals surface area contributed by atoms with Crippen molar-refractivity contribution in [3.8, 4) is 0 Å². The Hall–Kier alpha value is -1.79. The smallest absolute Gasteiger partial charge is 0.350 e. The average Bonchev–Trinajstić information content (AvgIpc) is 3.00. The number of thioether (sulfide) groups is 1. The molecule has 4 nitrogen and oxygen atoms in total. The predicted octanol–water partition coefficient (Wildman–Crippen LogP) is 4.39. The highest BCUT2D eigenvalue weighted by Gasteiger charge is 2.15. The molecule has 0 aliphatic heterocycles. The van der Waals surface area contributed by atoms with Crippen LogP contribution in [0.1, 0.15) is 35.0 Å². The summed E-state index contributed by atoms with van der Waals surface area (Å²) in [6.45, 7) is 4.30. The molecule has 0 atom stereocenters. The average molecular weight is 349 g/mol. The van der Waals surface area contributed by atoms with Crippen molar-refractivity contribution in [3.63, 3.8) is 0 Å². The highest BCUT2D eigenvalue weighted by atomic mass is 32.2. The first-order valence-electron chi connectivity index (χ1n) is 7.19. The number of esters is 1. The largest absolute Gasteiger partial charge is 0.465 e. The minimum atomic E-state index is -0.438. The Balaban J connectivity index is 1.90. The Bertz CT molecular complexity index is 677. The van der Waals surface area contributed by atoms with Crippen LogP contribution in [0.2, 0.25) is 0 Å². The van der Waals surface area contributed by atoms with Gasteiger partial charge in [-0.3, -0.25) is 4.79 Å². The van der Waals surface area contributed by atoms with Gasteiger partial charge in [-0.15, -0.1) is 23.1 Å². The Kier molecular flexibility index (Phi) is 6.24. The summed E-state index contributed by atoms with van der Waals surface area (Å²) in [6, 6.07) is 9.92. The fourth-order valence-electron chi connectivity index (χ4n) is 1.94. The Morgan fingerprint density at radius 3 is 2.52 bits per heavy atom. The molecule has 23 heavy (non-hydrogen) atoms. The van der Waals surface area contributed by atoms with Gasteiger partial charge in [0, 0.05) is 4.90 Å². The van der Waals surface area contributed by atoms with Gasteiger partial charge >= 0.3 is 5.97 Å². The van der Waals surface area contributed by atoms with E-state index in [0.717, 1.165) is 4.90 Å². The van der Waals surface area contributed by atoms with Gasteiger partial charge in [0.05, 0.1) is 18.6 Å². The Morgan fingerprint density at radius 2 is 1.91 bits per heavy atom. The molecule has 0 aliphatic rings. The first kappa shape index (κ1) is 17.6. The SMILES string of the molecule is COC(=O)c1sccc1NC(=O)CSc1ccc(C(C)C)cc1. The van der Waals surface area contributed by atoms with Crippen LogP contribution in [0.5, 0.6) is 0 Å². The van der Waals surface area contributed by atoms with Gasteiger partial charge < -0.3 is 10.1 Å². The molecule has 1 aromatic carbocycles. The molecule has 1 heterocycles. The van der Waals surface area contributed by atoms with Crippen molar-refractivity contribution in [3.05, 3.63) is 46.2 Å². The molecule has 6 heteroatoms. The standard InChI is InChI=1S/C17H19NO3S2/c1-11(2)12-4-6-13(7-5-12)23-10-15(19)18-14-8-9-22-16(14)17(20)21-3/h4-9,11H,10H2,1-3H3,(H,18,19). The molecule has 122 valence electrons. The van der Waals surface area contributed by atoms with Gasteiger partial charge in [-0.25, -0.2) is 4.79 Å². The van der Waals surface area contributed by atoms with Crippen LogP contribution in [0.4, 0.5) is 5.69 Å². The molecule has 0 fully saturated rings. The van der Waals surface area contributed by atoms with Crippen LogP contribution in [-0.4, -0.2) is 24.7 Å². The van der Waals surface area contributed by atoms with E-state index < -0.39 is 5.97 Å². The van der Waals surface area contributed by atoms with Crippen molar-refractivity contribution in [2.45, 2.75) is 24.7 Å². The second-order valence-corrected chi connectivity index (χ2v) is 7.18. The second kappa shape index (κ2) is 8.17. The molecular formula is C17H19NO3S2. The van der Waals surface area contributed by atoms with E-state index in [-0.39, 0.29) is 11.7 Å². The molecule has 1 aromatic heterocycles. The van der Waals surface area contributed by atoms with Crippen molar-refractivity contribution >= 4 is 40.7 Å². The zero-order valence-corrected chi connectivity index (χ0v) is 14.9. The maximum Gasteiger partial charge on any atom is 0.350 e. The van der Waals surface area contributed by atoms with E-state index in [1.807, 2.05) is 12.1 Å². The summed E-state index contributed by atoms with van der Waals surface area (Å²) in [6.07, 6.45) is 0. The molecule has 1 amide bonds. The van der Waals surface area contributed by atoms with Crippen molar-refractivity contribution < 1.29 is 14.3 Å². The van der Waals surface area contributed by atoms with Gasteiger partial charge in [-0.05, 0) is 35.1 Å². The quantitative estimate of drug-likeness (QED) is 0.621. The number of thiophene rings is 1. The first-order chi connectivity index (χ1) is 11.0. The predicted molar refractivity (Wildman–Crippen MR) is 95.5 cm³/mol. The molecule has 0 spiro atoms. The van der Waals surface area contributed by atoms with E-state index in [2.05, 4.69) is 31.3 Å². The van der Waals surface area contributed by atoms with E-state index >= 15 is 0 Å². The number of hydrogen-bond acceptors (Lipinski definition) is 5. The first-order valence-corrected chi connectivity index (χ1v) is 9.06. The zero-order valence-electron chi connectivity index (χ0n) is 13.3. The third-order valence-corrected chi connectivity index (χ3v) is 5.13. The highest BCUT2D eigenvalue weighted by Crippen LogP contribution is 2.25. The third-order valence-electron chi connectivity index (χ3n) is 3.23. The van der Waals surface area contributed by atoms with Crippen LogP contribution in [-0.2, 0) is 9.53 Å². The number of carbonyl (C=O) groups excluding carboxylic acids is 2. The summed E-state index contributed by atoms with van der Waals surface area (Å²) in [5.41, 5.74) is 1.78. The van der Waals surface area contributed by atoms with Gasteiger partial charge in [-0.2, -0.15) is 0 Å². The Morgan fingerprint density at radius 1 is 1.22 bits per heavy atom. The van der Waals surface area contributed by atoms with Crippen molar-refractivity contribution in [2.24, 2.45) is 0 Å². The fraction of sp³-hybridized carbons (Fsp3) is 0.294. The van der Waals surface area contributed by atoms with Gasteiger partial charge in [0.2, 0.25) is 5.91 Å². The number of carbonyl (C=O) groups is 2. The maximum atomic E-state index is 12.0. The highest BCUT2D eigenvalue weighted by molar-refractivity contribution is 8.00. The lowest BCUT2D eigenvalue weighted by molar-refractivity contribution is -0.113. The lowest BCUT2D eigenvalue weighted by Crippen LogP contribution is -2.15. The molecule has 0 unspecified atom stereocenters. The summed E-state index contributed by atoms with van der Waals surface area (Å²) < 4.78 is 4.69. The fourth-order valence-corrected chi connectivity index (χ4v) is 3.41. The monoisotopic (exact) mass is 349 g/mol. The summed E-state index contributed by atoms with van der Waals surface area (Å²) in [4.78, 5) is 25.1. The van der Waals surface area contributed by atoms with E-state index in [4.69, 9.17) is 4.74 Å². The van der Waals surface area contributed by atoms with E-state index in [1.54, 1.807) is 11.4 Å². The molecule has 0 radical (unpaired) electrons. The van der Waals surface area contributed by atoms with E-state index in [1.165, 1.54) is 35.8 Å². The molecule has 1 N–H and O–H groups in total. The van der Waals surface area contributed by atoms with Crippen molar-refractivity contribution in [1.29, 1.82) is 0 Å². The number of ether oxygens (including phenoxy) is 1. The topological polar surface area (TPSA) is 55.4 Å². The lowest BCUT2D eigenvalue weighted by atomic mass is 10.0. The molecule has 2 rings (SSSR count). The second-order valence-electron chi connectivity index (χ2n) is 5.22. The zero-order chi connectivity index (χ0) is 16.8. The number of amides is 1. The Labute approximate surface area is 144 Å². The van der Waals surface area contributed by atoms with E-state index in [9.17, 15) is 9.59 Å². The number of hydrogen-bond donors (Lipinski definition) is 1. The number of nitrogens with one attached hydrogen (secondary N) is 1. The van der Waals surface area contributed by atoms with Crippen LogP contribution >= 0.6 is 23.1 Å². The van der Waals surface area contributed by atoms with Crippen molar-refractivity contribution in [2.75, 3.05) is 18.2 Å². The van der Waals surface area contributed by atoms with Gasteiger partial charge in [-0.1, -0.05) is 26.0 Å². The summed E-state index contributed by atoms with van der Waals surface area (Å²) in [5.74, 6) is 0.198. The van der Waals surface area contributed by atoms with Crippen molar-refractivity contribution in [1.82, 2.24) is 0 Å². The minimum Gasteiger partial charge on any atom is -0.465 e. The number of anilines is 1. The molecule has 0 saturated carbocycles.